The first-order chi connectivity index (χ1) is 9.40. The standard InChI is InChI=1S/C12H15F3N2O2S/c1-2-19-7-6-16-11(18)17-9-4-3-5-10(8-9)20-12(13,14)15/h3-5,8H,2,6-7H2,1H3,(H2,16,17,18). The van der Waals surface area contributed by atoms with Crippen LogP contribution in [0, 0.1) is 0 Å². The van der Waals surface area contributed by atoms with Gasteiger partial charge in [0.2, 0.25) is 0 Å². The molecule has 0 aliphatic carbocycles. The van der Waals surface area contributed by atoms with Gasteiger partial charge in [-0.05, 0) is 36.9 Å². The third-order valence-corrected chi connectivity index (χ3v) is 2.78. The number of amides is 2. The average Bonchev–Trinajstić information content (AvgIpc) is 2.33. The Morgan fingerprint density at radius 1 is 1.40 bits per heavy atom. The monoisotopic (exact) mass is 308 g/mol. The van der Waals surface area contributed by atoms with E-state index in [1.54, 1.807) is 0 Å². The maximum absolute atomic E-state index is 12.2. The predicted molar refractivity (Wildman–Crippen MR) is 71.9 cm³/mol. The first-order valence-electron chi connectivity index (χ1n) is 5.89. The number of thioether (sulfide) groups is 1. The molecule has 0 spiro atoms. The molecule has 0 saturated heterocycles. The number of carbonyl (C=O) groups excluding carboxylic acids is 1. The van der Waals surface area contributed by atoms with Crippen LogP contribution in [0.1, 0.15) is 6.92 Å². The quantitative estimate of drug-likeness (QED) is 0.625. The van der Waals surface area contributed by atoms with Gasteiger partial charge in [-0.25, -0.2) is 4.79 Å². The molecule has 8 heteroatoms. The van der Waals surface area contributed by atoms with Crippen LogP contribution in [0.25, 0.3) is 0 Å². The Kier molecular flexibility index (Phi) is 6.66. The second kappa shape index (κ2) is 8.01. The Morgan fingerprint density at radius 2 is 2.15 bits per heavy atom. The van der Waals surface area contributed by atoms with E-state index in [-0.39, 0.29) is 16.7 Å². The highest BCUT2D eigenvalue weighted by Crippen LogP contribution is 2.37. The van der Waals surface area contributed by atoms with Crippen molar-refractivity contribution in [1.29, 1.82) is 0 Å². The molecule has 0 atom stereocenters. The molecule has 0 bridgehead atoms. The molecule has 0 aromatic heterocycles. The Morgan fingerprint density at radius 3 is 2.80 bits per heavy atom. The van der Waals surface area contributed by atoms with E-state index in [0.29, 0.717) is 25.4 Å². The molecule has 0 aliphatic rings. The van der Waals surface area contributed by atoms with Crippen molar-refractivity contribution in [1.82, 2.24) is 5.32 Å². The van der Waals surface area contributed by atoms with Gasteiger partial charge < -0.3 is 15.4 Å². The molecule has 2 amide bonds. The number of benzene rings is 1. The van der Waals surface area contributed by atoms with Crippen molar-refractivity contribution in [3.05, 3.63) is 24.3 Å². The fraction of sp³-hybridized carbons (Fsp3) is 0.417. The molecule has 0 unspecified atom stereocenters. The number of alkyl halides is 3. The molecule has 20 heavy (non-hydrogen) atoms. The molecule has 2 N–H and O–H groups in total. The molecule has 0 aliphatic heterocycles. The molecule has 112 valence electrons. The summed E-state index contributed by atoms with van der Waals surface area (Å²) in [5.74, 6) is 0. The van der Waals surface area contributed by atoms with E-state index in [4.69, 9.17) is 4.74 Å². The van der Waals surface area contributed by atoms with Crippen LogP contribution >= 0.6 is 11.8 Å². The zero-order valence-corrected chi connectivity index (χ0v) is 11.6. The van der Waals surface area contributed by atoms with Crippen molar-refractivity contribution in [2.45, 2.75) is 17.3 Å². The number of urea groups is 1. The number of anilines is 1. The maximum atomic E-state index is 12.2. The Labute approximate surface area is 119 Å². The van der Waals surface area contributed by atoms with Crippen molar-refractivity contribution in [2.75, 3.05) is 25.1 Å². The van der Waals surface area contributed by atoms with Gasteiger partial charge in [-0.15, -0.1) is 0 Å². The van der Waals surface area contributed by atoms with Crippen molar-refractivity contribution in [3.63, 3.8) is 0 Å². The van der Waals surface area contributed by atoms with E-state index in [2.05, 4.69) is 10.6 Å². The maximum Gasteiger partial charge on any atom is 0.446 e. The van der Waals surface area contributed by atoms with Crippen LogP contribution in [0.3, 0.4) is 0 Å². The molecule has 1 aromatic rings. The molecule has 0 heterocycles. The predicted octanol–water partition coefficient (Wildman–Crippen LogP) is 3.46. The van der Waals surface area contributed by atoms with Crippen LogP contribution in [0.2, 0.25) is 0 Å². The summed E-state index contributed by atoms with van der Waals surface area (Å²) in [4.78, 5) is 11.5. The summed E-state index contributed by atoms with van der Waals surface area (Å²) in [7, 11) is 0. The van der Waals surface area contributed by atoms with Gasteiger partial charge in [-0.3, -0.25) is 0 Å². The zero-order valence-electron chi connectivity index (χ0n) is 10.8. The highest BCUT2D eigenvalue weighted by Gasteiger charge is 2.29. The van der Waals surface area contributed by atoms with Crippen molar-refractivity contribution in [3.8, 4) is 0 Å². The summed E-state index contributed by atoms with van der Waals surface area (Å²) in [5, 5.41) is 4.99. The molecule has 0 fully saturated rings. The van der Waals surface area contributed by atoms with Gasteiger partial charge in [0.15, 0.2) is 0 Å². The lowest BCUT2D eigenvalue weighted by atomic mass is 10.3. The number of rotatable bonds is 6. The summed E-state index contributed by atoms with van der Waals surface area (Å²) in [5.41, 5.74) is -4.05. The van der Waals surface area contributed by atoms with Gasteiger partial charge in [0.05, 0.1) is 6.61 Å². The Balaban J connectivity index is 2.47. The smallest absolute Gasteiger partial charge is 0.380 e. The van der Waals surface area contributed by atoms with Crippen molar-refractivity contribution < 1.29 is 22.7 Å². The number of hydrogen-bond donors (Lipinski definition) is 2. The van der Waals surface area contributed by atoms with Crippen molar-refractivity contribution >= 4 is 23.5 Å². The summed E-state index contributed by atoms with van der Waals surface area (Å²) in [6.07, 6.45) is 0. The summed E-state index contributed by atoms with van der Waals surface area (Å²) < 4.78 is 41.7. The number of carbonyl (C=O) groups is 1. The number of nitrogens with one attached hydrogen (secondary N) is 2. The highest BCUT2D eigenvalue weighted by molar-refractivity contribution is 8.00. The molecular weight excluding hydrogens is 293 g/mol. The lowest BCUT2D eigenvalue weighted by molar-refractivity contribution is -0.0328. The van der Waals surface area contributed by atoms with E-state index in [1.165, 1.54) is 24.3 Å². The van der Waals surface area contributed by atoms with Gasteiger partial charge in [0, 0.05) is 23.7 Å². The number of halogens is 3. The number of ether oxygens (including phenoxy) is 1. The second-order valence-corrected chi connectivity index (χ2v) is 4.79. The van der Waals surface area contributed by atoms with E-state index < -0.39 is 11.5 Å². The summed E-state index contributed by atoms with van der Waals surface area (Å²) in [6, 6.07) is 5.07. The van der Waals surface area contributed by atoms with Gasteiger partial charge >= 0.3 is 11.5 Å². The Bertz CT molecular complexity index is 441. The topological polar surface area (TPSA) is 50.4 Å². The molecule has 0 radical (unpaired) electrons. The molecular formula is C12H15F3N2O2S. The normalized spacial score (nSPS) is 11.2. The summed E-state index contributed by atoms with van der Waals surface area (Å²) >= 11 is -0.225. The van der Waals surface area contributed by atoms with Crippen LogP contribution in [-0.2, 0) is 4.74 Å². The minimum atomic E-state index is -4.35. The van der Waals surface area contributed by atoms with Crippen LogP contribution in [-0.4, -0.2) is 31.3 Å². The second-order valence-electron chi connectivity index (χ2n) is 3.65. The van der Waals surface area contributed by atoms with Gasteiger partial charge in [-0.2, -0.15) is 13.2 Å². The average molecular weight is 308 g/mol. The third kappa shape index (κ3) is 7.25. The van der Waals surface area contributed by atoms with E-state index in [1.807, 2.05) is 6.92 Å². The van der Waals surface area contributed by atoms with E-state index >= 15 is 0 Å². The fourth-order valence-electron chi connectivity index (χ4n) is 1.33. The van der Waals surface area contributed by atoms with E-state index in [0.717, 1.165) is 0 Å². The van der Waals surface area contributed by atoms with E-state index in [9.17, 15) is 18.0 Å². The summed E-state index contributed by atoms with van der Waals surface area (Å²) in [6.45, 7) is 3.11. The number of hydrogen-bond acceptors (Lipinski definition) is 3. The van der Waals surface area contributed by atoms with Gasteiger partial charge in [-0.1, -0.05) is 6.07 Å². The van der Waals surface area contributed by atoms with Gasteiger partial charge in [0.25, 0.3) is 0 Å². The first kappa shape index (κ1) is 16.6. The first-order valence-corrected chi connectivity index (χ1v) is 6.71. The van der Waals surface area contributed by atoms with Crippen LogP contribution in [0.15, 0.2) is 29.2 Å². The van der Waals surface area contributed by atoms with Crippen LogP contribution in [0.4, 0.5) is 23.7 Å². The molecule has 4 nitrogen and oxygen atoms in total. The Hall–Kier alpha value is -1.41. The van der Waals surface area contributed by atoms with Crippen LogP contribution in [0.5, 0.6) is 0 Å². The lowest BCUT2D eigenvalue weighted by Crippen LogP contribution is -2.31. The van der Waals surface area contributed by atoms with Gasteiger partial charge in [0.1, 0.15) is 0 Å². The molecule has 0 saturated carbocycles. The largest absolute Gasteiger partial charge is 0.446 e. The fourth-order valence-corrected chi connectivity index (χ4v) is 1.93. The lowest BCUT2D eigenvalue weighted by Gasteiger charge is -2.10. The van der Waals surface area contributed by atoms with Crippen LogP contribution < -0.4 is 10.6 Å². The van der Waals surface area contributed by atoms with Crippen molar-refractivity contribution in [2.24, 2.45) is 0 Å². The minimum absolute atomic E-state index is 0.0182. The minimum Gasteiger partial charge on any atom is -0.380 e. The molecule has 1 aromatic carbocycles. The third-order valence-electron chi connectivity index (χ3n) is 2.06. The zero-order chi connectivity index (χ0) is 15.0. The SMILES string of the molecule is CCOCCNC(=O)Nc1cccc(SC(F)(F)F)c1. The highest BCUT2D eigenvalue weighted by atomic mass is 32.2. The molecule has 1 rings (SSSR count).